The van der Waals surface area contributed by atoms with Gasteiger partial charge in [-0.1, -0.05) is 30.3 Å². The van der Waals surface area contributed by atoms with E-state index in [4.69, 9.17) is 0 Å². The zero-order valence-electron chi connectivity index (χ0n) is 9.52. The largest absolute Gasteiger partial charge is 0.352 e. The monoisotopic (exact) mass is 226 g/mol. The van der Waals surface area contributed by atoms with Gasteiger partial charge in [0.2, 0.25) is 5.91 Å². The van der Waals surface area contributed by atoms with E-state index in [9.17, 15) is 4.79 Å². The first-order chi connectivity index (χ1) is 8.31. The molecule has 0 aliphatic heterocycles. The number of nitrogens with one attached hydrogen (secondary N) is 1. The lowest BCUT2D eigenvalue weighted by atomic mass is 10.1. The summed E-state index contributed by atoms with van der Waals surface area (Å²) in [7, 11) is 0. The van der Waals surface area contributed by atoms with E-state index in [1.54, 1.807) is 12.3 Å². The van der Waals surface area contributed by atoms with Crippen LogP contribution in [0.2, 0.25) is 0 Å². The molecule has 1 N–H and O–H groups in total. The van der Waals surface area contributed by atoms with Gasteiger partial charge in [0.25, 0.3) is 0 Å². The number of fused-ring (bicyclic) bond motifs is 1. The van der Waals surface area contributed by atoms with Crippen LogP contribution in [0.3, 0.4) is 0 Å². The number of amides is 1. The number of para-hydroxylation sites is 1. The van der Waals surface area contributed by atoms with Crippen LogP contribution >= 0.6 is 0 Å². The number of pyridine rings is 1. The molecule has 1 heterocycles. The molecule has 1 amide bonds. The third-order valence-electron chi connectivity index (χ3n) is 2.51. The van der Waals surface area contributed by atoms with Crippen LogP contribution in [-0.4, -0.2) is 17.4 Å². The van der Waals surface area contributed by atoms with Gasteiger partial charge in [0, 0.05) is 18.1 Å². The Hall–Kier alpha value is -2.16. The summed E-state index contributed by atoms with van der Waals surface area (Å²) in [6.07, 6.45) is 3.76. The van der Waals surface area contributed by atoms with Crippen LogP contribution in [-0.2, 0) is 11.2 Å². The summed E-state index contributed by atoms with van der Waals surface area (Å²) >= 11 is 0. The molecule has 0 spiro atoms. The first kappa shape index (κ1) is 11.3. The maximum atomic E-state index is 11.6. The quantitative estimate of drug-likeness (QED) is 0.811. The number of carbonyl (C=O) groups excluding carboxylic acids is 1. The van der Waals surface area contributed by atoms with Gasteiger partial charge >= 0.3 is 0 Å². The van der Waals surface area contributed by atoms with Crippen molar-refractivity contribution in [2.45, 2.75) is 6.42 Å². The first-order valence-corrected chi connectivity index (χ1v) is 5.51. The Morgan fingerprint density at radius 2 is 2.18 bits per heavy atom. The molecule has 0 aliphatic carbocycles. The molecule has 0 fully saturated rings. The van der Waals surface area contributed by atoms with Crippen molar-refractivity contribution in [3.63, 3.8) is 0 Å². The zero-order chi connectivity index (χ0) is 12.1. The summed E-state index contributed by atoms with van der Waals surface area (Å²) in [5, 5.41) is 3.82. The van der Waals surface area contributed by atoms with E-state index in [2.05, 4.69) is 16.9 Å². The minimum absolute atomic E-state index is 0.0111. The van der Waals surface area contributed by atoms with Crippen molar-refractivity contribution in [1.29, 1.82) is 0 Å². The molecular formula is C14H14N2O. The Balaban J connectivity index is 2.23. The van der Waals surface area contributed by atoms with Gasteiger partial charge in [-0.3, -0.25) is 9.78 Å². The average Bonchev–Trinajstić information content (AvgIpc) is 2.37. The lowest BCUT2D eigenvalue weighted by Crippen LogP contribution is -2.25. The van der Waals surface area contributed by atoms with Gasteiger partial charge in [-0.15, -0.1) is 6.58 Å². The van der Waals surface area contributed by atoms with E-state index >= 15 is 0 Å². The van der Waals surface area contributed by atoms with Crippen LogP contribution in [0.15, 0.2) is 49.2 Å². The van der Waals surface area contributed by atoms with E-state index in [1.165, 1.54) is 0 Å². The van der Waals surface area contributed by atoms with Crippen molar-refractivity contribution in [3.8, 4) is 0 Å². The molecular weight excluding hydrogens is 212 g/mol. The lowest BCUT2D eigenvalue weighted by Gasteiger charge is -2.05. The van der Waals surface area contributed by atoms with Gasteiger partial charge in [0.15, 0.2) is 0 Å². The predicted octanol–water partition coefficient (Wildman–Crippen LogP) is 2.08. The SMILES string of the molecule is C=CCNC(=O)Cc1cccc2cccnc12. The highest BCUT2D eigenvalue weighted by molar-refractivity contribution is 5.87. The number of rotatable bonds is 4. The second-order valence-corrected chi connectivity index (χ2v) is 3.76. The summed E-state index contributed by atoms with van der Waals surface area (Å²) in [5.41, 5.74) is 1.84. The standard InChI is InChI=1S/C14H14N2O/c1-2-8-15-13(17)10-12-6-3-5-11-7-4-9-16-14(11)12/h2-7,9H,1,8,10H2,(H,15,17). The van der Waals surface area contributed by atoms with Gasteiger partial charge in [-0.2, -0.15) is 0 Å². The molecule has 86 valence electrons. The van der Waals surface area contributed by atoms with Gasteiger partial charge < -0.3 is 5.32 Å². The molecule has 0 bridgehead atoms. The lowest BCUT2D eigenvalue weighted by molar-refractivity contribution is -0.120. The first-order valence-electron chi connectivity index (χ1n) is 5.51. The van der Waals surface area contributed by atoms with E-state index < -0.39 is 0 Å². The summed E-state index contributed by atoms with van der Waals surface area (Å²) < 4.78 is 0. The number of carbonyl (C=O) groups is 1. The Morgan fingerprint density at radius 1 is 1.35 bits per heavy atom. The molecule has 0 radical (unpaired) electrons. The van der Waals surface area contributed by atoms with E-state index in [0.717, 1.165) is 16.5 Å². The number of benzene rings is 1. The van der Waals surface area contributed by atoms with Crippen molar-refractivity contribution >= 4 is 16.8 Å². The summed E-state index contributed by atoms with van der Waals surface area (Å²) in [6, 6.07) is 9.76. The van der Waals surface area contributed by atoms with E-state index in [1.807, 2.05) is 30.3 Å². The normalized spacial score (nSPS) is 10.1. The second-order valence-electron chi connectivity index (χ2n) is 3.76. The highest BCUT2D eigenvalue weighted by atomic mass is 16.1. The van der Waals surface area contributed by atoms with Gasteiger partial charge in [-0.05, 0) is 11.6 Å². The van der Waals surface area contributed by atoms with Crippen molar-refractivity contribution in [2.75, 3.05) is 6.54 Å². The molecule has 3 nitrogen and oxygen atoms in total. The maximum Gasteiger partial charge on any atom is 0.224 e. The molecule has 1 aromatic heterocycles. The summed E-state index contributed by atoms with van der Waals surface area (Å²) in [5.74, 6) is -0.0111. The Morgan fingerprint density at radius 3 is 3.00 bits per heavy atom. The third-order valence-corrected chi connectivity index (χ3v) is 2.51. The molecule has 0 unspecified atom stereocenters. The minimum atomic E-state index is -0.0111. The van der Waals surface area contributed by atoms with Crippen molar-refractivity contribution in [3.05, 3.63) is 54.7 Å². The molecule has 0 saturated heterocycles. The van der Waals surface area contributed by atoms with Crippen molar-refractivity contribution < 1.29 is 4.79 Å². The molecule has 0 saturated carbocycles. The molecule has 3 heteroatoms. The number of nitrogens with zero attached hydrogens (tertiary/aromatic N) is 1. The highest BCUT2D eigenvalue weighted by Gasteiger charge is 2.06. The number of hydrogen-bond acceptors (Lipinski definition) is 2. The Labute approximate surface area is 100 Å². The number of aromatic nitrogens is 1. The van der Waals surface area contributed by atoms with Crippen LogP contribution in [0.4, 0.5) is 0 Å². The molecule has 2 rings (SSSR count). The second kappa shape index (κ2) is 5.25. The molecule has 1 aromatic carbocycles. The summed E-state index contributed by atoms with van der Waals surface area (Å²) in [6.45, 7) is 4.06. The maximum absolute atomic E-state index is 11.6. The summed E-state index contributed by atoms with van der Waals surface area (Å²) in [4.78, 5) is 15.9. The van der Waals surface area contributed by atoms with Crippen LogP contribution in [0, 0.1) is 0 Å². The van der Waals surface area contributed by atoms with Crippen LogP contribution in [0.1, 0.15) is 5.56 Å². The minimum Gasteiger partial charge on any atom is -0.352 e. The molecule has 2 aromatic rings. The van der Waals surface area contributed by atoms with Crippen LogP contribution in [0.25, 0.3) is 10.9 Å². The molecule has 17 heavy (non-hydrogen) atoms. The Kier molecular flexibility index (Phi) is 3.50. The number of hydrogen-bond donors (Lipinski definition) is 1. The van der Waals surface area contributed by atoms with Crippen LogP contribution < -0.4 is 5.32 Å². The fourth-order valence-corrected chi connectivity index (χ4v) is 1.73. The fourth-order valence-electron chi connectivity index (χ4n) is 1.73. The van der Waals surface area contributed by atoms with Crippen molar-refractivity contribution in [2.24, 2.45) is 0 Å². The topological polar surface area (TPSA) is 42.0 Å². The van der Waals surface area contributed by atoms with E-state index in [-0.39, 0.29) is 5.91 Å². The third kappa shape index (κ3) is 2.69. The molecule has 0 atom stereocenters. The average molecular weight is 226 g/mol. The highest BCUT2D eigenvalue weighted by Crippen LogP contribution is 2.16. The smallest absolute Gasteiger partial charge is 0.224 e. The Bertz CT molecular complexity index is 543. The molecule has 0 aliphatic rings. The van der Waals surface area contributed by atoms with E-state index in [0.29, 0.717) is 13.0 Å². The van der Waals surface area contributed by atoms with Gasteiger partial charge in [0.05, 0.1) is 11.9 Å². The van der Waals surface area contributed by atoms with Crippen LogP contribution in [0.5, 0.6) is 0 Å². The van der Waals surface area contributed by atoms with Gasteiger partial charge in [-0.25, -0.2) is 0 Å². The predicted molar refractivity (Wildman–Crippen MR) is 68.7 cm³/mol. The van der Waals surface area contributed by atoms with Gasteiger partial charge in [0.1, 0.15) is 0 Å². The van der Waals surface area contributed by atoms with Crippen molar-refractivity contribution in [1.82, 2.24) is 10.3 Å². The zero-order valence-corrected chi connectivity index (χ0v) is 9.52. The fraction of sp³-hybridized carbons (Fsp3) is 0.143.